The Labute approximate surface area is 268 Å². The highest BCUT2D eigenvalue weighted by Crippen LogP contribution is 2.38. The molecule has 3 heterocycles. The van der Waals surface area contributed by atoms with Gasteiger partial charge in [-0.2, -0.15) is 10.4 Å². The smallest absolute Gasteiger partial charge is 0.204 e. The largest absolute Gasteiger partial charge is 0.490 e. The van der Waals surface area contributed by atoms with Crippen molar-refractivity contribution in [3.05, 3.63) is 71.4 Å². The van der Waals surface area contributed by atoms with Crippen LogP contribution in [0.3, 0.4) is 0 Å². The number of aromatic nitrogens is 4. The summed E-state index contributed by atoms with van der Waals surface area (Å²) < 4.78 is 32.1. The Kier molecular flexibility index (Phi) is 10.2. The monoisotopic (exact) mass is 647 g/mol. The van der Waals surface area contributed by atoms with Crippen LogP contribution in [0.15, 0.2) is 69.5 Å². The van der Waals surface area contributed by atoms with Gasteiger partial charge in [0, 0.05) is 55.9 Å². The van der Waals surface area contributed by atoms with Gasteiger partial charge in [0.05, 0.1) is 29.4 Å². The zero-order valence-corrected chi connectivity index (χ0v) is 27.5. The van der Waals surface area contributed by atoms with Gasteiger partial charge in [-0.3, -0.25) is 10.00 Å². The number of aromatic amines is 1. The van der Waals surface area contributed by atoms with Crippen LogP contribution in [0.2, 0.25) is 0 Å². The van der Waals surface area contributed by atoms with Gasteiger partial charge in [0.15, 0.2) is 32.4 Å². The predicted molar refractivity (Wildman–Crippen MR) is 175 cm³/mol. The lowest BCUT2D eigenvalue weighted by atomic mass is 10.2. The SMILES string of the molecule is COc1c(Nc2cc(C)[nH]n2)nc(Sc2ccc(S(=O)(=O)Cc3cccc(C#N)c3)cc2)nc1N1CCN(CCN(C)C)CC1. The minimum atomic E-state index is -3.61. The minimum Gasteiger partial charge on any atom is -0.490 e. The highest BCUT2D eigenvalue weighted by Gasteiger charge is 2.25. The van der Waals surface area contributed by atoms with Gasteiger partial charge < -0.3 is 19.9 Å². The Morgan fingerprint density at radius 1 is 1.09 bits per heavy atom. The van der Waals surface area contributed by atoms with Crippen LogP contribution in [-0.2, 0) is 15.6 Å². The maximum atomic E-state index is 13.1. The van der Waals surface area contributed by atoms with Crippen molar-refractivity contribution in [3.8, 4) is 11.8 Å². The van der Waals surface area contributed by atoms with Gasteiger partial charge >= 0.3 is 0 Å². The van der Waals surface area contributed by atoms with Crippen LogP contribution in [0.1, 0.15) is 16.8 Å². The van der Waals surface area contributed by atoms with E-state index >= 15 is 0 Å². The Balaban J connectivity index is 1.38. The van der Waals surface area contributed by atoms with Gasteiger partial charge in [-0.05, 0) is 74.7 Å². The molecule has 0 atom stereocenters. The number of ether oxygens (including phenoxy) is 1. The van der Waals surface area contributed by atoms with Gasteiger partial charge in [-0.15, -0.1) is 0 Å². The van der Waals surface area contributed by atoms with E-state index in [1.807, 2.05) is 13.0 Å². The van der Waals surface area contributed by atoms with Crippen LogP contribution >= 0.6 is 11.8 Å². The number of anilines is 3. The Hall–Kier alpha value is -4.16. The number of nitrogens with zero attached hydrogens (tertiary/aromatic N) is 7. The van der Waals surface area contributed by atoms with E-state index in [2.05, 4.69) is 50.4 Å². The van der Waals surface area contributed by atoms with Crippen molar-refractivity contribution in [3.63, 3.8) is 0 Å². The second-order valence-electron chi connectivity index (χ2n) is 11.0. The molecule has 2 aromatic heterocycles. The van der Waals surface area contributed by atoms with Gasteiger partial charge in [0.25, 0.3) is 0 Å². The van der Waals surface area contributed by atoms with Crippen LogP contribution in [0.4, 0.5) is 17.5 Å². The van der Waals surface area contributed by atoms with Crippen LogP contribution < -0.4 is 15.0 Å². The molecule has 45 heavy (non-hydrogen) atoms. The van der Waals surface area contributed by atoms with Crippen molar-refractivity contribution in [2.24, 2.45) is 0 Å². The number of methoxy groups -OCH3 is 1. The fourth-order valence-corrected chi connectivity index (χ4v) is 7.02. The summed E-state index contributed by atoms with van der Waals surface area (Å²) >= 11 is 1.34. The second-order valence-corrected chi connectivity index (χ2v) is 14.1. The number of H-pyrrole nitrogens is 1. The van der Waals surface area contributed by atoms with Crippen LogP contribution in [-0.4, -0.2) is 98.9 Å². The predicted octanol–water partition coefficient (Wildman–Crippen LogP) is 3.94. The van der Waals surface area contributed by atoms with E-state index in [1.54, 1.807) is 55.6 Å². The molecule has 5 rings (SSSR count). The summed E-state index contributed by atoms with van der Waals surface area (Å²) in [6.07, 6.45) is 0. The first-order valence-corrected chi connectivity index (χ1v) is 17.0. The molecule has 12 nitrogen and oxygen atoms in total. The first kappa shape index (κ1) is 32.2. The third-order valence-electron chi connectivity index (χ3n) is 7.32. The molecule has 2 N–H and O–H groups in total. The number of piperazine rings is 1. The van der Waals surface area contributed by atoms with E-state index in [1.165, 1.54) is 11.8 Å². The van der Waals surface area contributed by atoms with E-state index < -0.39 is 9.84 Å². The fraction of sp³-hybridized carbons (Fsp3) is 0.355. The molecule has 1 saturated heterocycles. The van der Waals surface area contributed by atoms with Gasteiger partial charge in [0.2, 0.25) is 5.75 Å². The molecule has 0 bridgehead atoms. The number of sulfone groups is 1. The van der Waals surface area contributed by atoms with Crippen molar-refractivity contribution in [2.75, 3.05) is 70.7 Å². The molecule has 1 aliphatic rings. The van der Waals surface area contributed by atoms with E-state index in [0.29, 0.717) is 39.5 Å². The molecule has 0 amide bonds. The van der Waals surface area contributed by atoms with Crippen LogP contribution in [0.5, 0.6) is 5.75 Å². The van der Waals surface area contributed by atoms with Gasteiger partial charge in [0.1, 0.15) is 0 Å². The van der Waals surface area contributed by atoms with Crippen molar-refractivity contribution in [2.45, 2.75) is 27.6 Å². The zero-order valence-electron chi connectivity index (χ0n) is 25.8. The first-order chi connectivity index (χ1) is 21.6. The molecule has 236 valence electrons. The average molecular weight is 648 g/mol. The average Bonchev–Trinajstić information content (AvgIpc) is 3.44. The molecule has 0 unspecified atom stereocenters. The van der Waals surface area contributed by atoms with Crippen molar-refractivity contribution >= 4 is 39.1 Å². The summed E-state index contributed by atoms with van der Waals surface area (Å²) in [5, 5.41) is 20.2. The number of nitrogens with one attached hydrogen (secondary N) is 2. The number of hydrogen-bond donors (Lipinski definition) is 2. The van der Waals surface area contributed by atoms with Crippen molar-refractivity contribution in [1.82, 2.24) is 30.0 Å². The molecule has 2 aromatic carbocycles. The summed E-state index contributed by atoms with van der Waals surface area (Å²) in [6, 6.07) is 17.3. The van der Waals surface area contributed by atoms with Crippen molar-refractivity contribution < 1.29 is 13.2 Å². The van der Waals surface area contributed by atoms with Crippen LogP contribution in [0.25, 0.3) is 0 Å². The van der Waals surface area contributed by atoms with Gasteiger partial charge in [-0.1, -0.05) is 12.1 Å². The number of benzene rings is 2. The molecular weight excluding hydrogens is 611 g/mol. The summed E-state index contributed by atoms with van der Waals surface area (Å²) in [5.74, 6) is 2.13. The Bertz CT molecular complexity index is 1760. The van der Waals surface area contributed by atoms with Crippen molar-refractivity contribution in [1.29, 1.82) is 5.26 Å². The lowest BCUT2D eigenvalue weighted by molar-refractivity contribution is 0.228. The lowest BCUT2D eigenvalue weighted by Crippen LogP contribution is -2.48. The Morgan fingerprint density at radius 3 is 2.49 bits per heavy atom. The first-order valence-electron chi connectivity index (χ1n) is 14.5. The Morgan fingerprint density at radius 2 is 1.84 bits per heavy atom. The molecule has 0 aliphatic carbocycles. The molecule has 0 radical (unpaired) electrons. The van der Waals surface area contributed by atoms with Gasteiger partial charge in [-0.25, -0.2) is 18.4 Å². The molecule has 1 aliphatic heterocycles. The molecule has 0 spiro atoms. The maximum Gasteiger partial charge on any atom is 0.204 e. The number of nitriles is 1. The minimum absolute atomic E-state index is 0.190. The third-order valence-corrected chi connectivity index (χ3v) is 9.90. The number of hydrogen-bond acceptors (Lipinski definition) is 12. The number of aryl methyl sites for hydroxylation is 1. The topological polar surface area (TPSA) is 143 Å². The highest BCUT2D eigenvalue weighted by atomic mass is 32.2. The van der Waals surface area contributed by atoms with E-state index in [-0.39, 0.29) is 10.6 Å². The summed E-state index contributed by atoms with van der Waals surface area (Å²) in [6.45, 7) is 7.31. The second kappa shape index (κ2) is 14.3. The summed E-state index contributed by atoms with van der Waals surface area (Å²) in [5.41, 5.74) is 1.90. The molecule has 4 aromatic rings. The normalized spacial score (nSPS) is 14.0. The summed E-state index contributed by atoms with van der Waals surface area (Å²) in [4.78, 5) is 17.5. The molecule has 14 heteroatoms. The van der Waals surface area contributed by atoms with E-state index in [4.69, 9.17) is 20.0 Å². The molecular formula is C31H37N9O3S2. The molecule has 0 saturated carbocycles. The zero-order chi connectivity index (χ0) is 32.0. The lowest BCUT2D eigenvalue weighted by Gasteiger charge is -2.36. The number of rotatable bonds is 12. The van der Waals surface area contributed by atoms with E-state index in [9.17, 15) is 8.42 Å². The quantitative estimate of drug-likeness (QED) is 0.215. The third kappa shape index (κ3) is 8.31. The number of likely N-dealkylation sites (N-methyl/N-ethyl adjacent to an activating group) is 1. The van der Waals surface area contributed by atoms with Crippen LogP contribution in [0, 0.1) is 18.3 Å². The summed E-state index contributed by atoms with van der Waals surface area (Å²) in [7, 11) is 2.17. The van der Waals surface area contributed by atoms with E-state index in [0.717, 1.165) is 49.9 Å². The fourth-order valence-electron chi connectivity index (χ4n) is 4.93. The molecule has 1 fully saturated rings. The standard InChI is InChI=1S/C31H37N9O3S2/c1-22-18-27(37-36-22)33-29-28(43-4)30(40-16-14-39(15-17-40)13-12-38(2)3)35-31(34-29)44-25-8-10-26(11-9-25)45(41,42)21-24-7-5-6-23(19-24)20-32/h5-11,18-19H,12-17,21H2,1-4H3,(H2,33,34,35,36,37). The maximum absolute atomic E-state index is 13.1. The highest BCUT2D eigenvalue weighted by molar-refractivity contribution is 7.99.